The summed E-state index contributed by atoms with van der Waals surface area (Å²) in [6, 6.07) is 10.3. The number of nitrogens with one attached hydrogen (secondary N) is 1. The van der Waals surface area contributed by atoms with Crippen molar-refractivity contribution >= 4 is 17.7 Å². The normalized spacial score (nSPS) is 10.8. The molecule has 0 heterocycles. The van der Waals surface area contributed by atoms with Gasteiger partial charge in [0.1, 0.15) is 11.6 Å². The highest BCUT2D eigenvalue weighted by Gasteiger charge is 2.02. The van der Waals surface area contributed by atoms with Crippen molar-refractivity contribution in [1.82, 2.24) is 0 Å². The van der Waals surface area contributed by atoms with E-state index in [4.69, 9.17) is 0 Å². The summed E-state index contributed by atoms with van der Waals surface area (Å²) in [5.41, 5.74) is 1.47. The number of aryl methyl sites for hydroxylation is 1. The Kier molecular flexibility index (Phi) is 4.25. The molecule has 2 rings (SSSR count). The number of rotatable bonds is 3. The predicted molar refractivity (Wildman–Crippen MR) is 75.2 cm³/mol. The highest BCUT2D eigenvalue weighted by molar-refractivity contribution is 6.01. The lowest BCUT2D eigenvalue weighted by Crippen LogP contribution is -2.08. The van der Waals surface area contributed by atoms with Crippen LogP contribution in [0.4, 0.5) is 14.5 Å². The fourth-order valence-corrected chi connectivity index (χ4v) is 1.64. The van der Waals surface area contributed by atoms with Crippen molar-refractivity contribution in [2.75, 3.05) is 5.32 Å². The molecule has 2 aromatic rings. The van der Waals surface area contributed by atoms with Crippen LogP contribution in [0.15, 0.2) is 48.5 Å². The second-order valence-corrected chi connectivity index (χ2v) is 4.34. The largest absolute Gasteiger partial charge is 0.322 e. The van der Waals surface area contributed by atoms with Gasteiger partial charge in [-0.25, -0.2) is 8.78 Å². The van der Waals surface area contributed by atoms with Crippen molar-refractivity contribution in [3.63, 3.8) is 0 Å². The van der Waals surface area contributed by atoms with Crippen LogP contribution in [0.2, 0.25) is 0 Å². The molecule has 102 valence electrons. The van der Waals surface area contributed by atoms with Crippen LogP contribution in [-0.2, 0) is 4.79 Å². The zero-order valence-electron chi connectivity index (χ0n) is 10.9. The molecule has 0 aliphatic rings. The molecule has 0 atom stereocenters. The molecule has 0 saturated heterocycles. The van der Waals surface area contributed by atoms with Gasteiger partial charge in [0.15, 0.2) is 0 Å². The van der Waals surface area contributed by atoms with E-state index in [0.717, 1.165) is 0 Å². The molecule has 2 aromatic carbocycles. The molecule has 0 saturated carbocycles. The average molecular weight is 273 g/mol. The molecule has 0 bridgehead atoms. The van der Waals surface area contributed by atoms with E-state index >= 15 is 0 Å². The molecule has 0 spiro atoms. The lowest BCUT2D eigenvalue weighted by Gasteiger charge is -2.03. The van der Waals surface area contributed by atoms with Crippen LogP contribution >= 0.6 is 0 Å². The van der Waals surface area contributed by atoms with Gasteiger partial charge in [-0.05, 0) is 48.4 Å². The third kappa shape index (κ3) is 3.75. The summed E-state index contributed by atoms with van der Waals surface area (Å²) >= 11 is 0. The Bertz CT molecular complexity index is 665. The molecular formula is C16H13F2NO. The molecule has 1 N–H and O–H groups in total. The monoisotopic (exact) mass is 273 g/mol. The molecule has 0 radical (unpaired) electrons. The minimum absolute atomic E-state index is 0.367. The van der Waals surface area contributed by atoms with Crippen LogP contribution < -0.4 is 5.32 Å². The van der Waals surface area contributed by atoms with Crippen LogP contribution in [0.3, 0.4) is 0 Å². The second-order valence-electron chi connectivity index (χ2n) is 4.34. The van der Waals surface area contributed by atoms with Gasteiger partial charge in [-0.3, -0.25) is 4.79 Å². The van der Waals surface area contributed by atoms with Crippen molar-refractivity contribution in [2.24, 2.45) is 0 Å². The molecule has 20 heavy (non-hydrogen) atoms. The van der Waals surface area contributed by atoms with E-state index in [9.17, 15) is 13.6 Å². The number of carbonyl (C=O) groups is 1. The van der Waals surface area contributed by atoms with Gasteiger partial charge < -0.3 is 5.32 Å². The number of hydrogen-bond donors (Lipinski definition) is 1. The van der Waals surface area contributed by atoms with E-state index in [-0.39, 0.29) is 11.6 Å². The van der Waals surface area contributed by atoms with Crippen LogP contribution in [0.1, 0.15) is 11.1 Å². The van der Waals surface area contributed by atoms with E-state index in [2.05, 4.69) is 5.32 Å². The molecule has 0 fully saturated rings. The Labute approximate surface area is 115 Å². The maximum atomic E-state index is 13.3. The fourth-order valence-electron chi connectivity index (χ4n) is 1.64. The van der Waals surface area contributed by atoms with Gasteiger partial charge in [0.25, 0.3) is 0 Å². The summed E-state index contributed by atoms with van der Waals surface area (Å²) < 4.78 is 26.3. The van der Waals surface area contributed by atoms with Gasteiger partial charge in [0.2, 0.25) is 5.91 Å². The number of amides is 1. The van der Waals surface area contributed by atoms with Crippen LogP contribution in [0, 0.1) is 18.6 Å². The maximum Gasteiger partial charge on any atom is 0.248 e. The summed E-state index contributed by atoms with van der Waals surface area (Å²) in [7, 11) is 0. The van der Waals surface area contributed by atoms with Crippen molar-refractivity contribution in [2.45, 2.75) is 6.92 Å². The number of halogens is 2. The zero-order valence-corrected chi connectivity index (χ0v) is 10.9. The molecular weight excluding hydrogens is 260 g/mol. The average Bonchev–Trinajstić information content (AvgIpc) is 2.41. The van der Waals surface area contributed by atoms with Crippen molar-refractivity contribution in [3.8, 4) is 0 Å². The summed E-state index contributed by atoms with van der Waals surface area (Å²) in [5.74, 6) is -1.15. The lowest BCUT2D eigenvalue weighted by molar-refractivity contribution is -0.111. The van der Waals surface area contributed by atoms with E-state index in [1.165, 1.54) is 30.4 Å². The number of hydrogen-bond acceptors (Lipinski definition) is 1. The predicted octanol–water partition coefficient (Wildman–Crippen LogP) is 3.93. The molecule has 0 aliphatic heterocycles. The van der Waals surface area contributed by atoms with E-state index in [1.54, 1.807) is 31.2 Å². The smallest absolute Gasteiger partial charge is 0.248 e. The molecule has 0 aromatic heterocycles. The Hall–Kier alpha value is -2.49. The Balaban J connectivity index is 2.03. The number of carbonyl (C=O) groups excluding carboxylic acids is 1. The van der Waals surface area contributed by atoms with Gasteiger partial charge in [-0.15, -0.1) is 0 Å². The molecule has 2 nitrogen and oxygen atoms in total. The SMILES string of the molecule is Cc1ccc(NC(=O)/C=C/c2cccc(F)c2)cc1F. The first-order valence-electron chi connectivity index (χ1n) is 6.05. The topological polar surface area (TPSA) is 29.1 Å². The van der Waals surface area contributed by atoms with Crippen LogP contribution in [-0.4, -0.2) is 5.91 Å². The quantitative estimate of drug-likeness (QED) is 0.844. The van der Waals surface area contributed by atoms with Crippen LogP contribution in [0.25, 0.3) is 6.08 Å². The minimum atomic E-state index is -0.405. The zero-order chi connectivity index (χ0) is 14.5. The van der Waals surface area contributed by atoms with E-state index in [1.807, 2.05) is 0 Å². The summed E-state index contributed by atoms with van der Waals surface area (Å²) in [6.45, 7) is 1.64. The number of anilines is 1. The maximum absolute atomic E-state index is 13.3. The van der Waals surface area contributed by atoms with Crippen LogP contribution in [0.5, 0.6) is 0 Å². The fraction of sp³-hybridized carbons (Fsp3) is 0.0625. The van der Waals surface area contributed by atoms with Gasteiger partial charge >= 0.3 is 0 Å². The third-order valence-corrected chi connectivity index (χ3v) is 2.72. The Morgan fingerprint density at radius 3 is 2.65 bits per heavy atom. The van der Waals surface area contributed by atoms with E-state index < -0.39 is 5.91 Å². The second kappa shape index (κ2) is 6.10. The lowest BCUT2D eigenvalue weighted by atomic mass is 10.2. The van der Waals surface area contributed by atoms with Gasteiger partial charge in [-0.1, -0.05) is 18.2 Å². The van der Waals surface area contributed by atoms with Gasteiger partial charge in [0, 0.05) is 11.8 Å². The van der Waals surface area contributed by atoms with Crippen molar-refractivity contribution in [1.29, 1.82) is 0 Å². The summed E-state index contributed by atoms with van der Waals surface area (Å²) in [4.78, 5) is 11.7. The van der Waals surface area contributed by atoms with Gasteiger partial charge in [-0.2, -0.15) is 0 Å². The highest BCUT2D eigenvalue weighted by Crippen LogP contribution is 2.13. The Morgan fingerprint density at radius 1 is 1.15 bits per heavy atom. The molecule has 0 aliphatic carbocycles. The minimum Gasteiger partial charge on any atom is -0.322 e. The van der Waals surface area contributed by atoms with E-state index in [0.29, 0.717) is 16.8 Å². The first-order valence-corrected chi connectivity index (χ1v) is 6.05. The number of benzene rings is 2. The summed E-state index contributed by atoms with van der Waals surface area (Å²) in [6.07, 6.45) is 2.76. The standard InChI is InChI=1S/C16H13F2NO/c1-11-5-7-14(10-15(11)18)19-16(20)8-6-12-3-2-4-13(17)9-12/h2-10H,1H3,(H,19,20)/b8-6+. The summed E-state index contributed by atoms with van der Waals surface area (Å²) in [5, 5.41) is 2.54. The first kappa shape index (κ1) is 13.9. The Morgan fingerprint density at radius 2 is 1.95 bits per heavy atom. The van der Waals surface area contributed by atoms with Crippen molar-refractivity contribution < 1.29 is 13.6 Å². The van der Waals surface area contributed by atoms with Gasteiger partial charge in [0.05, 0.1) is 0 Å². The molecule has 4 heteroatoms. The third-order valence-electron chi connectivity index (χ3n) is 2.72. The molecule has 1 amide bonds. The highest BCUT2D eigenvalue weighted by atomic mass is 19.1. The van der Waals surface area contributed by atoms with Crippen molar-refractivity contribution in [3.05, 3.63) is 71.3 Å². The molecule has 0 unspecified atom stereocenters. The first-order chi connectivity index (χ1) is 9.54.